The van der Waals surface area contributed by atoms with Gasteiger partial charge in [-0.25, -0.2) is 9.29 Å². The van der Waals surface area contributed by atoms with Crippen LogP contribution in [0.3, 0.4) is 0 Å². The quantitative estimate of drug-likeness (QED) is 0.544. The van der Waals surface area contributed by atoms with Gasteiger partial charge < -0.3 is 10.1 Å². The van der Waals surface area contributed by atoms with Crippen LogP contribution in [0, 0.1) is 19.7 Å². The van der Waals surface area contributed by atoms with Gasteiger partial charge in [-0.1, -0.05) is 30.3 Å². The molecule has 0 fully saturated rings. The van der Waals surface area contributed by atoms with Crippen molar-refractivity contribution in [2.45, 2.75) is 20.8 Å². The summed E-state index contributed by atoms with van der Waals surface area (Å²) in [5, 5.41) is 3.12. The molecule has 0 bridgehead atoms. The number of carbonyl (C=O) groups excluding carboxylic acids is 2. The Hall–Kier alpha value is -3.93. The normalized spacial score (nSPS) is 13.7. The predicted octanol–water partition coefficient (Wildman–Crippen LogP) is 5.24. The highest BCUT2D eigenvalue weighted by Crippen LogP contribution is 2.35. The van der Waals surface area contributed by atoms with E-state index in [1.807, 2.05) is 39.0 Å². The van der Waals surface area contributed by atoms with Crippen LogP contribution in [0.2, 0.25) is 0 Å². The summed E-state index contributed by atoms with van der Waals surface area (Å²) in [4.78, 5) is 27.7. The zero-order valence-corrected chi connectivity index (χ0v) is 18.1. The third kappa shape index (κ3) is 3.99. The van der Waals surface area contributed by atoms with E-state index in [-0.39, 0.29) is 17.0 Å². The van der Waals surface area contributed by atoms with Crippen molar-refractivity contribution in [3.63, 3.8) is 0 Å². The van der Waals surface area contributed by atoms with E-state index in [2.05, 4.69) is 5.32 Å². The SMILES string of the molecule is CCOc1ccc(C2=C(Nc3cc(C)cc(C)c3)C(=O)N(c3ccccc3F)C2=O)cc1. The van der Waals surface area contributed by atoms with Crippen LogP contribution in [0.1, 0.15) is 23.6 Å². The summed E-state index contributed by atoms with van der Waals surface area (Å²) in [5.41, 5.74) is 3.45. The van der Waals surface area contributed by atoms with E-state index >= 15 is 0 Å². The first-order chi connectivity index (χ1) is 15.4. The van der Waals surface area contributed by atoms with E-state index in [1.54, 1.807) is 30.3 Å². The van der Waals surface area contributed by atoms with Gasteiger partial charge in [0.1, 0.15) is 17.3 Å². The third-order valence-corrected chi connectivity index (χ3v) is 5.12. The van der Waals surface area contributed by atoms with Crippen molar-refractivity contribution in [2.24, 2.45) is 0 Å². The van der Waals surface area contributed by atoms with E-state index in [4.69, 9.17) is 4.74 Å². The Morgan fingerprint density at radius 2 is 1.56 bits per heavy atom. The smallest absolute Gasteiger partial charge is 0.282 e. The summed E-state index contributed by atoms with van der Waals surface area (Å²) in [5.74, 6) is -1.18. The van der Waals surface area contributed by atoms with Gasteiger partial charge in [-0.2, -0.15) is 0 Å². The first-order valence-electron chi connectivity index (χ1n) is 10.3. The predicted molar refractivity (Wildman–Crippen MR) is 123 cm³/mol. The molecular weight excluding hydrogens is 407 g/mol. The summed E-state index contributed by atoms with van der Waals surface area (Å²) >= 11 is 0. The molecule has 162 valence electrons. The second-order valence-electron chi connectivity index (χ2n) is 7.61. The van der Waals surface area contributed by atoms with Crippen molar-refractivity contribution in [1.82, 2.24) is 0 Å². The number of para-hydroxylation sites is 1. The summed E-state index contributed by atoms with van der Waals surface area (Å²) in [7, 11) is 0. The van der Waals surface area contributed by atoms with Crippen LogP contribution in [0.25, 0.3) is 5.57 Å². The second-order valence-corrected chi connectivity index (χ2v) is 7.61. The van der Waals surface area contributed by atoms with Crippen molar-refractivity contribution in [2.75, 3.05) is 16.8 Å². The number of hydrogen-bond acceptors (Lipinski definition) is 4. The monoisotopic (exact) mass is 430 g/mol. The molecule has 1 heterocycles. The van der Waals surface area contributed by atoms with Crippen molar-refractivity contribution >= 4 is 28.8 Å². The number of nitrogens with one attached hydrogen (secondary N) is 1. The number of nitrogens with zero attached hydrogens (tertiary/aromatic N) is 1. The molecule has 0 saturated heterocycles. The molecule has 0 radical (unpaired) electrons. The molecule has 0 atom stereocenters. The molecule has 0 spiro atoms. The van der Waals surface area contributed by atoms with Gasteiger partial charge in [-0.15, -0.1) is 0 Å². The van der Waals surface area contributed by atoms with Crippen molar-refractivity contribution in [3.05, 3.63) is 94.9 Å². The maximum Gasteiger partial charge on any atom is 0.282 e. The lowest BCUT2D eigenvalue weighted by Crippen LogP contribution is -2.33. The number of ether oxygens (including phenoxy) is 1. The summed E-state index contributed by atoms with van der Waals surface area (Å²) in [6, 6.07) is 18.5. The van der Waals surface area contributed by atoms with Gasteiger partial charge >= 0.3 is 0 Å². The van der Waals surface area contributed by atoms with Gasteiger partial charge in [0, 0.05) is 5.69 Å². The maximum absolute atomic E-state index is 14.5. The molecule has 1 aliphatic heterocycles. The Balaban J connectivity index is 1.82. The molecule has 1 aliphatic rings. The molecule has 3 aromatic rings. The Morgan fingerprint density at radius 1 is 0.906 bits per heavy atom. The molecule has 3 aromatic carbocycles. The fourth-order valence-corrected chi connectivity index (χ4v) is 3.84. The fourth-order valence-electron chi connectivity index (χ4n) is 3.84. The highest BCUT2D eigenvalue weighted by atomic mass is 19.1. The van der Waals surface area contributed by atoms with Gasteiger partial charge in [-0.05, 0) is 73.9 Å². The van der Waals surface area contributed by atoms with Crippen LogP contribution >= 0.6 is 0 Å². The van der Waals surface area contributed by atoms with Crippen LogP contribution in [0.15, 0.2) is 72.4 Å². The number of benzene rings is 3. The molecule has 5 nitrogen and oxygen atoms in total. The lowest BCUT2D eigenvalue weighted by molar-refractivity contribution is -0.120. The number of hydrogen-bond donors (Lipinski definition) is 1. The molecule has 2 amide bonds. The summed E-state index contributed by atoms with van der Waals surface area (Å²) in [6.45, 7) is 6.30. The number of carbonyl (C=O) groups is 2. The summed E-state index contributed by atoms with van der Waals surface area (Å²) in [6.07, 6.45) is 0. The topological polar surface area (TPSA) is 58.6 Å². The van der Waals surface area contributed by atoms with Crippen LogP contribution in [0.5, 0.6) is 5.75 Å². The zero-order chi connectivity index (χ0) is 22.8. The number of anilines is 2. The lowest BCUT2D eigenvalue weighted by atomic mass is 10.0. The number of imide groups is 1. The van der Waals surface area contributed by atoms with Gasteiger partial charge in [0.25, 0.3) is 11.8 Å². The number of amides is 2. The summed E-state index contributed by atoms with van der Waals surface area (Å²) < 4.78 is 20.0. The first-order valence-corrected chi connectivity index (χ1v) is 10.3. The van der Waals surface area contributed by atoms with E-state index < -0.39 is 17.6 Å². The highest BCUT2D eigenvalue weighted by Gasteiger charge is 2.41. The van der Waals surface area contributed by atoms with Crippen molar-refractivity contribution in [1.29, 1.82) is 0 Å². The Bertz CT molecular complexity index is 1210. The van der Waals surface area contributed by atoms with Crippen LogP contribution in [0.4, 0.5) is 15.8 Å². The maximum atomic E-state index is 14.5. The van der Waals surface area contributed by atoms with Crippen LogP contribution in [-0.2, 0) is 9.59 Å². The average molecular weight is 430 g/mol. The number of halogens is 1. The van der Waals surface area contributed by atoms with E-state index in [0.29, 0.717) is 23.6 Å². The molecule has 6 heteroatoms. The minimum absolute atomic E-state index is 0.0804. The highest BCUT2D eigenvalue weighted by molar-refractivity contribution is 6.46. The molecule has 1 N–H and O–H groups in total. The molecule has 4 rings (SSSR count). The van der Waals surface area contributed by atoms with Gasteiger partial charge in [0.2, 0.25) is 0 Å². The van der Waals surface area contributed by atoms with E-state index in [9.17, 15) is 14.0 Å². The fraction of sp³-hybridized carbons (Fsp3) is 0.154. The standard InChI is InChI=1S/C26H23FN2O3/c1-4-32-20-11-9-18(10-12-20)23-24(28-19-14-16(2)13-17(3)15-19)26(31)29(25(23)30)22-8-6-5-7-21(22)27/h5-15,28H,4H2,1-3H3. The molecule has 0 saturated carbocycles. The van der Waals surface area contributed by atoms with Crippen LogP contribution < -0.4 is 15.0 Å². The van der Waals surface area contributed by atoms with E-state index in [0.717, 1.165) is 16.0 Å². The van der Waals surface area contributed by atoms with E-state index in [1.165, 1.54) is 18.2 Å². The molecule has 0 aliphatic carbocycles. The Kier molecular flexibility index (Phi) is 5.77. The van der Waals surface area contributed by atoms with Gasteiger partial charge in [0.15, 0.2) is 0 Å². The average Bonchev–Trinajstić information content (AvgIpc) is 2.98. The van der Waals surface area contributed by atoms with Crippen LogP contribution in [-0.4, -0.2) is 18.4 Å². The third-order valence-electron chi connectivity index (χ3n) is 5.12. The molecule has 0 aromatic heterocycles. The molecule has 0 unspecified atom stereocenters. The minimum atomic E-state index is -0.645. The number of aryl methyl sites for hydroxylation is 2. The van der Waals surface area contributed by atoms with Gasteiger partial charge in [-0.3, -0.25) is 9.59 Å². The molecule has 32 heavy (non-hydrogen) atoms. The van der Waals surface area contributed by atoms with Crippen molar-refractivity contribution in [3.8, 4) is 5.75 Å². The Morgan fingerprint density at radius 3 is 2.19 bits per heavy atom. The minimum Gasteiger partial charge on any atom is -0.494 e. The Labute approximate surface area is 186 Å². The largest absolute Gasteiger partial charge is 0.494 e. The van der Waals surface area contributed by atoms with Gasteiger partial charge in [0.05, 0.1) is 17.9 Å². The van der Waals surface area contributed by atoms with Crippen molar-refractivity contribution < 1.29 is 18.7 Å². The number of rotatable bonds is 6. The first kappa shape index (κ1) is 21.3. The zero-order valence-electron chi connectivity index (χ0n) is 18.1. The lowest BCUT2D eigenvalue weighted by Gasteiger charge is -2.16. The second kappa shape index (κ2) is 8.67. The molecular formula is C26H23FN2O3.